The van der Waals surface area contributed by atoms with Gasteiger partial charge in [0.25, 0.3) is 0 Å². The van der Waals surface area contributed by atoms with Gasteiger partial charge in [-0.15, -0.1) is 0 Å². The minimum atomic E-state index is -0.712. The first-order chi connectivity index (χ1) is 11.0. The van der Waals surface area contributed by atoms with Crippen LogP contribution in [0, 0.1) is 18.3 Å². The van der Waals surface area contributed by atoms with Crippen LogP contribution in [0.15, 0.2) is 30.0 Å². The number of carbonyl (C=O) groups is 2. The van der Waals surface area contributed by atoms with Crippen molar-refractivity contribution in [3.05, 3.63) is 41.2 Å². The zero-order valence-corrected chi connectivity index (χ0v) is 13.1. The molecule has 118 valence electrons. The molecule has 6 nitrogen and oxygen atoms in total. The van der Waals surface area contributed by atoms with E-state index >= 15 is 0 Å². The lowest BCUT2D eigenvalue weighted by Crippen LogP contribution is -2.06. The summed E-state index contributed by atoms with van der Waals surface area (Å²) >= 11 is 0. The number of pyridine rings is 1. The fourth-order valence-electron chi connectivity index (χ4n) is 2.20. The quantitative estimate of drug-likeness (QED) is 0.492. The van der Waals surface area contributed by atoms with Gasteiger partial charge < -0.3 is 13.9 Å². The molecule has 0 aliphatic rings. The average molecular weight is 312 g/mol. The number of aromatic nitrogens is 1. The molecule has 2 aromatic rings. The summed E-state index contributed by atoms with van der Waals surface area (Å²) in [6, 6.07) is 7.37. The van der Waals surface area contributed by atoms with Gasteiger partial charge in [-0.3, -0.25) is 4.79 Å². The van der Waals surface area contributed by atoms with Crippen molar-refractivity contribution in [2.45, 2.75) is 20.8 Å². The Balaban J connectivity index is 2.66. The number of hydrogen-bond donors (Lipinski definition) is 0. The van der Waals surface area contributed by atoms with Gasteiger partial charge in [0.05, 0.1) is 18.3 Å². The third kappa shape index (κ3) is 3.40. The van der Waals surface area contributed by atoms with Crippen LogP contribution in [-0.4, -0.2) is 22.9 Å². The predicted molar refractivity (Wildman–Crippen MR) is 83.7 cm³/mol. The van der Waals surface area contributed by atoms with Crippen LogP contribution in [0.5, 0.6) is 5.75 Å². The molecule has 0 amide bonds. The van der Waals surface area contributed by atoms with Gasteiger partial charge >= 0.3 is 11.9 Å². The van der Waals surface area contributed by atoms with Crippen LogP contribution in [-0.2, 0) is 14.3 Å². The van der Waals surface area contributed by atoms with Crippen LogP contribution < -0.4 is 4.74 Å². The molecule has 0 saturated heterocycles. The summed E-state index contributed by atoms with van der Waals surface area (Å²) in [7, 11) is 0. The van der Waals surface area contributed by atoms with Gasteiger partial charge in [0.2, 0.25) is 0 Å². The summed E-state index contributed by atoms with van der Waals surface area (Å²) in [6.45, 7) is 5.02. The second kappa shape index (κ2) is 6.79. The first-order valence-corrected chi connectivity index (χ1v) is 7.06. The molecular formula is C17H16N2O4. The van der Waals surface area contributed by atoms with Crippen molar-refractivity contribution in [2.75, 3.05) is 6.61 Å². The summed E-state index contributed by atoms with van der Waals surface area (Å²) in [4.78, 5) is 23.1. The topological polar surface area (TPSA) is 80.8 Å². The van der Waals surface area contributed by atoms with Crippen molar-refractivity contribution in [2.24, 2.45) is 0 Å². The molecule has 2 rings (SSSR count). The SMILES string of the molecule is CCOC(=O)/C(C#N)=C\c1c(OC(C)=O)cn2c(C)cccc12. The first kappa shape index (κ1) is 16.3. The first-order valence-electron chi connectivity index (χ1n) is 7.06. The maximum Gasteiger partial charge on any atom is 0.348 e. The molecule has 0 N–H and O–H groups in total. The summed E-state index contributed by atoms with van der Waals surface area (Å²) < 4.78 is 11.9. The van der Waals surface area contributed by atoms with E-state index in [1.54, 1.807) is 13.1 Å². The van der Waals surface area contributed by atoms with Crippen molar-refractivity contribution in [1.82, 2.24) is 4.40 Å². The lowest BCUT2D eigenvalue weighted by molar-refractivity contribution is -0.138. The van der Waals surface area contributed by atoms with Crippen molar-refractivity contribution < 1.29 is 19.1 Å². The molecule has 6 heteroatoms. The number of fused-ring (bicyclic) bond motifs is 1. The number of nitriles is 1. The fraction of sp³-hybridized carbons (Fsp3) is 0.235. The van der Waals surface area contributed by atoms with Crippen LogP contribution in [0.1, 0.15) is 25.1 Å². The zero-order valence-electron chi connectivity index (χ0n) is 13.1. The number of hydrogen-bond acceptors (Lipinski definition) is 5. The second-order valence-corrected chi connectivity index (χ2v) is 4.81. The standard InChI is InChI=1S/C17H16N2O4/c1-4-22-17(21)13(9-18)8-14-15-7-5-6-11(2)19(15)10-16(14)23-12(3)20/h5-8,10H,4H2,1-3H3/b13-8-. The summed E-state index contributed by atoms with van der Waals surface area (Å²) in [5, 5.41) is 9.19. The largest absolute Gasteiger partial charge is 0.462 e. The number of esters is 2. The van der Waals surface area contributed by atoms with E-state index in [0.717, 1.165) is 11.2 Å². The lowest BCUT2D eigenvalue weighted by Gasteiger charge is -2.02. The van der Waals surface area contributed by atoms with Crippen molar-refractivity contribution in [3.8, 4) is 11.8 Å². The Bertz CT molecular complexity index is 840. The second-order valence-electron chi connectivity index (χ2n) is 4.81. The van der Waals surface area contributed by atoms with Crippen LogP contribution in [0.4, 0.5) is 0 Å². The number of aryl methyl sites for hydroxylation is 1. The Hall–Kier alpha value is -3.07. The highest BCUT2D eigenvalue weighted by Crippen LogP contribution is 2.29. The Morgan fingerprint density at radius 1 is 1.39 bits per heavy atom. The monoisotopic (exact) mass is 312 g/mol. The Morgan fingerprint density at radius 2 is 2.13 bits per heavy atom. The van der Waals surface area contributed by atoms with Gasteiger partial charge in [-0.1, -0.05) is 6.07 Å². The molecular weight excluding hydrogens is 296 g/mol. The van der Waals surface area contributed by atoms with Gasteiger partial charge in [-0.05, 0) is 32.1 Å². The molecule has 0 atom stereocenters. The molecule has 0 saturated carbocycles. The van der Waals surface area contributed by atoms with Crippen LogP contribution >= 0.6 is 0 Å². The van der Waals surface area contributed by atoms with Crippen molar-refractivity contribution in [1.29, 1.82) is 5.26 Å². The zero-order chi connectivity index (χ0) is 17.0. The van der Waals surface area contributed by atoms with Gasteiger partial charge in [-0.25, -0.2) is 4.79 Å². The van der Waals surface area contributed by atoms with E-state index in [1.807, 2.05) is 35.6 Å². The van der Waals surface area contributed by atoms with E-state index in [9.17, 15) is 14.9 Å². The van der Waals surface area contributed by atoms with Crippen LogP contribution in [0.25, 0.3) is 11.6 Å². The molecule has 0 fully saturated rings. The summed E-state index contributed by atoms with van der Waals surface area (Å²) in [5.41, 5.74) is 1.96. The number of carbonyl (C=O) groups excluding carboxylic acids is 2. The van der Waals surface area contributed by atoms with Crippen molar-refractivity contribution >= 4 is 23.5 Å². The molecule has 0 aromatic carbocycles. The van der Waals surface area contributed by atoms with E-state index in [-0.39, 0.29) is 17.9 Å². The molecule has 0 spiro atoms. The number of ether oxygens (including phenoxy) is 2. The molecule has 0 unspecified atom stereocenters. The van der Waals surface area contributed by atoms with Crippen LogP contribution in [0.2, 0.25) is 0 Å². The average Bonchev–Trinajstić information content (AvgIpc) is 2.83. The number of rotatable bonds is 4. The van der Waals surface area contributed by atoms with Gasteiger partial charge in [0.1, 0.15) is 11.6 Å². The predicted octanol–water partition coefficient (Wildman–Crippen LogP) is 2.64. The summed E-state index contributed by atoms with van der Waals surface area (Å²) in [5.74, 6) is -0.914. The molecule has 2 aromatic heterocycles. The van der Waals surface area contributed by atoms with E-state index in [1.165, 1.54) is 13.0 Å². The molecule has 0 aliphatic heterocycles. The Labute approximate surface area is 133 Å². The molecule has 0 radical (unpaired) electrons. The molecule has 2 heterocycles. The van der Waals surface area contributed by atoms with Gasteiger partial charge in [0.15, 0.2) is 5.75 Å². The highest BCUT2D eigenvalue weighted by atomic mass is 16.5. The van der Waals surface area contributed by atoms with Gasteiger partial charge in [0, 0.05) is 18.2 Å². The smallest absolute Gasteiger partial charge is 0.348 e. The Morgan fingerprint density at radius 3 is 2.74 bits per heavy atom. The summed E-state index contributed by atoms with van der Waals surface area (Å²) in [6.07, 6.45) is 3.03. The molecule has 0 aliphatic carbocycles. The van der Waals surface area contributed by atoms with E-state index in [4.69, 9.17) is 9.47 Å². The molecule has 23 heavy (non-hydrogen) atoms. The lowest BCUT2D eigenvalue weighted by atomic mass is 10.1. The van der Waals surface area contributed by atoms with E-state index in [2.05, 4.69) is 0 Å². The van der Waals surface area contributed by atoms with Gasteiger partial charge in [-0.2, -0.15) is 5.26 Å². The van der Waals surface area contributed by atoms with Crippen molar-refractivity contribution in [3.63, 3.8) is 0 Å². The highest BCUT2D eigenvalue weighted by molar-refractivity contribution is 6.00. The maximum absolute atomic E-state index is 11.8. The third-order valence-electron chi connectivity index (χ3n) is 3.18. The van der Waals surface area contributed by atoms with E-state index < -0.39 is 11.9 Å². The fourth-order valence-corrected chi connectivity index (χ4v) is 2.20. The maximum atomic E-state index is 11.8. The van der Waals surface area contributed by atoms with Crippen LogP contribution in [0.3, 0.4) is 0 Å². The minimum Gasteiger partial charge on any atom is -0.462 e. The normalized spacial score (nSPS) is 11.1. The molecule has 0 bridgehead atoms. The third-order valence-corrected chi connectivity index (χ3v) is 3.18. The minimum absolute atomic E-state index is 0.158. The highest BCUT2D eigenvalue weighted by Gasteiger charge is 2.17. The van der Waals surface area contributed by atoms with E-state index in [0.29, 0.717) is 5.56 Å². The number of nitrogens with zero attached hydrogens (tertiary/aromatic N) is 2. The Kier molecular flexibility index (Phi) is 4.82.